The van der Waals surface area contributed by atoms with Crippen molar-refractivity contribution in [3.05, 3.63) is 60.1 Å². The molecule has 3 rings (SSSR count). The van der Waals surface area contributed by atoms with Crippen molar-refractivity contribution in [3.8, 4) is 22.4 Å². The van der Waals surface area contributed by atoms with Gasteiger partial charge in [0.15, 0.2) is 5.76 Å². The van der Waals surface area contributed by atoms with Crippen molar-refractivity contribution in [2.24, 2.45) is 10.9 Å². The number of benzene rings is 2. The molecule has 1 heterocycles. The molecule has 0 bridgehead atoms. The van der Waals surface area contributed by atoms with E-state index in [0.717, 1.165) is 0 Å². The lowest BCUT2D eigenvalue weighted by Crippen LogP contribution is -2.32. The molecule has 1 aromatic heterocycles. The minimum absolute atomic E-state index is 0.0870. The first-order valence-electron chi connectivity index (χ1n) is 7.80. The van der Waals surface area contributed by atoms with Crippen molar-refractivity contribution in [2.45, 2.75) is 11.4 Å². The van der Waals surface area contributed by atoms with Gasteiger partial charge in [0, 0.05) is 5.56 Å². The number of hydroxylamine groups is 2. The smallest absolute Gasteiger partial charge is 0.338 e. The van der Waals surface area contributed by atoms with Crippen molar-refractivity contribution >= 4 is 16.1 Å². The first kappa shape index (κ1) is 19.5. The zero-order valence-corrected chi connectivity index (χ0v) is 15.1. The topological polar surface area (TPSA) is 153 Å². The number of hydrogen-bond donors (Lipinski definition) is 3. The van der Waals surface area contributed by atoms with Crippen LogP contribution in [0.15, 0.2) is 57.9 Å². The molecular formula is C17H15FN4O5S. The molecule has 0 saturated heterocycles. The molecule has 0 saturated carbocycles. The Morgan fingerprint density at radius 1 is 1.11 bits per heavy atom. The van der Waals surface area contributed by atoms with Crippen LogP contribution in [0.3, 0.4) is 0 Å². The molecular weight excluding hydrogens is 391 g/mol. The minimum Gasteiger partial charge on any atom is -0.358 e. The number of primary amides is 1. The van der Waals surface area contributed by atoms with Crippen LogP contribution in [0.1, 0.15) is 5.76 Å². The van der Waals surface area contributed by atoms with Crippen molar-refractivity contribution in [1.29, 1.82) is 0 Å². The Morgan fingerprint density at radius 3 is 2.21 bits per heavy atom. The molecule has 9 nitrogen and oxygen atoms in total. The van der Waals surface area contributed by atoms with Crippen molar-refractivity contribution in [1.82, 2.24) is 10.2 Å². The molecule has 3 aromatic rings. The van der Waals surface area contributed by atoms with E-state index in [1.54, 1.807) is 0 Å². The fraction of sp³-hybridized carbons (Fsp3) is 0.0588. The van der Waals surface area contributed by atoms with E-state index in [-0.39, 0.29) is 15.7 Å². The Labute approximate surface area is 159 Å². The van der Waals surface area contributed by atoms with Gasteiger partial charge in [-0.05, 0) is 42.0 Å². The maximum atomic E-state index is 13.2. The van der Waals surface area contributed by atoms with E-state index < -0.39 is 28.4 Å². The molecule has 0 atom stereocenters. The quantitative estimate of drug-likeness (QED) is 0.435. The number of nitrogens with zero attached hydrogens (tertiary/aromatic N) is 2. The highest BCUT2D eigenvalue weighted by Gasteiger charge is 2.22. The second-order valence-corrected chi connectivity index (χ2v) is 7.36. The average molecular weight is 406 g/mol. The predicted octanol–water partition coefficient (Wildman–Crippen LogP) is 2.07. The van der Waals surface area contributed by atoms with Crippen LogP contribution in [0.25, 0.3) is 22.4 Å². The maximum absolute atomic E-state index is 13.2. The molecule has 0 aliphatic rings. The number of urea groups is 1. The van der Waals surface area contributed by atoms with Crippen LogP contribution in [0.5, 0.6) is 0 Å². The summed E-state index contributed by atoms with van der Waals surface area (Å²) >= 11 is 0. The highest BCUT2D eigenvalue weighted by molar-refractivity contribution is 7.89. The van der Waals surface area contributed by atoms with Crippen LogP contribution in [0.4, 0.5) is 9.18 Å². The Hall–Kier alpha value is -3.28. The average Bonchev–Trinajstić information content (AvgIpc) is 3.05. The molecule has 2 amide bonds. The van der Waals surface area contributed by atoms with Gasteiger partial charge in [-0.25, -0.2) is 22.7 Å². The zero-order valence-electron chi connectivity index (χ0n) is 14.2. The lowest BCUT2D eigenvalue weighted by atomic mass is 9.99. The zero-order chi connectivity index (χ0) is 20.5. The van der Waals surface area contributed by atoms with Gasteiger partial charge in [0.2, 0.25) is 10.0 Å². The number of primary sulfonamides is 1. The van der Waals surface area contributed by atoms with Gasteiger partial charge in [-0.3, -0.25) is 5.21 Å². The first-order valence-corrected chi connectivity index (χ1v) is 9.35. The summed E-state index contributed by atoms with van der Waals surface area (Å²) in [5.74, 6) is -0.356. The van der Waals surface area contributed by atoms with Crippen LogP contribution in [0, 0.1) is 5.82 Å². The predicted molar refractivity (Wildman–Crippen MR) is 95.6 cm³/mol. The number of rotatable bonds is 5. The summed E-state index contributed by atoms with van der Waals surface area (Å²) in [5, 5.41) is 18.9. The number of carbonyl (C=O) groups is 1. The molecule has 0 unspecified atom stereocenters. The fourth-order valence-corrected chi connectivity index (χ4v) is 3.08. The number of carbonyl (C=O) groups excluding carboxylic acids is 1. The van der Waals surface area contributed by atoms with Crippen molar-refractivity contribution in [3.63, 3.8) is 0 Å². The third-order valence-corrected chi connectivity index (χ3v) is 4.83. The molecule has 2 aromatic carbocycles. The monoisotopic (exact) mass is 406 g/mol. The molecule has 0 aliphatic carbocycles. The van der Waals surface area contributed by atoms with E-state index in [1.165, 1.54) is 48.5 Å². The third kappa shape index (κ3) is 4.01. The summed E-state index contributed by atoms with van der Waals surface area (Å²) in [7, 11) is -3.89. The van der Waals surface area contributed by atoms with Gasteiger partial charge in [0.1, 0.15) is 18.1 Å². The van der Waals surface area contributed by atoms with E-state index in [9.17, 15) is 22.8 Å². The lowest BCUT2D eigenvalue weighted by Gasteiger charge is -2.11. The van der Waals surface area contributed by atoms with Crippen molar-refractivity contribution < 1.29 is 27.3 Å². The van der Waals surface area contributed by atoms with Gasteiger partial charge in [-0.1, -0.05) is 17.3 Å². The molecule has 28 heavy (non-hydrogen) atoms. The van der Waals surface area contributed by atoms with Gasteiger partial charge >= 0.3 is 6.03 Å². The molecule has 0 radical (unpaired) electrons. The molecule has 5 N–H and O–H groups in total. The summed E-state index contributed by atoms with van der Waals surface area (Å²) in [6, 6.07) is 9.84. The highest BCUT2D eigenvalue weighted by atomic mass is 32.2. The van der Waals surface area contributed by atoms with E-state index in [1.807, 2.05) is 0 Å². The van der Waals surface area contributed by atoms with Gasteiger partial charge in [-0.15, -0.1) is 0 Å². The van der Waals surface area contributed by atoms with Crippen LogP contribution in [0.2, 0.25) is 0 Å². The van der Waals surface area contributed by atoms with E-state index in [4.69, 9.17) is 15.4 Å². The number of halogens is 1. The highest BCUT2D eigenvalue weighted by Crippen LogP contribution is 2.35. The number of hydrogen-bond acceptors (Lipinski definition) is 6. The SMILES string of the molecule is NC(=O)N(O)Cc1onc(-c2ccc(F)cc2)c1-c1ccc(S(N)(=O)=O)cc1. The second kappa shape index (κ2) is 7.38. The normalized spacial score (nSPS) is 11.4. The van der Waals surface area contributed by atoms with Crippen LogP contribution < -0.4 is 10.9 Å². The largest absolute Gasteiger partial charge is 0.358 e. The summed E-state index contributed by atoms with van der Waals surface area (Å²) in [6.45, 7) is -0.407. The van der Waals surface area contributed by atoms with Gasteiger partial charge < -0.3 is 10.3 Å². The standard InChI is InChI=1S/C17H15FN4O5S/c18-12-5-1-11(2-6-12)16-15(14(27-21-16)9-22(24)17(19)23)10-3-7-13(8-4-10)28(20,25)26/h1-8,24H,9H2,(H2,19,23)(H2,20,25,26). The Bertz CT molecular complexity index is 1110. The molecule has 0 aliphatic heterocycles. The number of amides is 2. The Kier molecular flexibility index (Phi) is 5.14. The molecule has 146 valence electrons. The van der Waals surface area contributed by atoms with Gasteiger partial charge in [0.05, 0.1) is 10.5 Å². The first-order chi connectivity index (χ1) is 13.2. The third-order valence-electron chi connectivity index (χ3n) is 3.90. The summed E-state index contributed by atoms with van der Waals surface area (Å²) < 4.78 is 41.4. The molecule has 11 heteroatoms. The fourth-order valence-electron chi connectivity index (χ4n) is 2.56. The lowest BCUT2D eigenvalue weighted by molar-refractivity contribution is -0.0521. The van der Waals surface area contributed by atoms with E-state index >= 15 is 0 Å². The minimum atomic E-state index is -3.89. The van der Waals surface area contributed by atoms with E-state index in [0.29, 0.717) is 22.4 Å². The van der Waals surface area contributed by atoms with Crippen LogP contribution in [-0.4, -0.2) is 29.9 Å². The van der Waals surface area contributed by atoms with Gasteiger partial charge in [-0.2, -0.15) is 5.06 Å². The number of nitrogens with two attached hydrogens (primary N) is 2. The maximum Gasteiger partial charge on any atom is 0.338 e. The molecule has 0 fully saturated rings. The van der Waals surface area contributed by atoms with Crippen LogP contribution >= 0.6 is 0 Å². The second-order valence-electron chi connectivity index (χ2n) is 5.80. The Balaban J connectivity index is 2.13. The molecule has 0 spiro atoms. The van der Waals surface area contributed by atoms with E-state index in [2.05, 4.69) is 5.16 Å². The van der Waals surface area contributed by atoms with Gasteiger partial charge in [0.25, 0.3) is 0 Å². The number of sulfonamides is 1. The summed E-state index contributed by atoms with van der Waals surface area (Å²) in [5.41, 5.74) is 6.68. The Morgan fingerprint density at radius 2 is 1.68 bits per heavy atom. The van der Waals surface area contributed by atoms with Crippen LogP contribution in [-0.2, 0) is 16.6 Å². The summed E-state index contributed by atoms with van der Waals surface area (Å²) in [6.07, 6.45) is 0. The van der Waals surface area contributed by atoms with Crippen molar-refractivity contribution in [2.75, 3.05) is 0 Å². The summed E-state index contributed by atoms with van der Waals surface area (Å²) in [4.78, 5) is 11.0. The number of aromatic nitrogens is 1.